The highest BCUT2D eigenvalue weighted by Crippen LogP contribution is 2.35. The van der Waals surface area contributed by atoms with Crippen molar-refractivity contribution >= 4 is 33.3 Å². The van der Waals surface area contributed by atoms with Gasteiger partial charge in [-0.15, -0.1) is 11.3 Å². The molecule has 0 atom stereocenters. The molecular weight excluding hydrogens is 412 g/mol. The maximum Gasteiger partial charge on any atom is 0.223 e. The number of aromatic nitrogens is 2. The van der Waals surface area contributed by atoms with Crippen molar-refractivity contribution in [1.29, 1.82) is 0 Å². The lowest BCUT2D eigenvalue weighted by molar-refractivity contribution is -0.125. The smallest absolute Gasteiger partial charge is 0.223 e. The standard InChI is InChI=1S/C23H28N4O3S/c1-15-16(2)31-23-20(15)21(25-14-26-23)27-10-7-17(8-11-27)22(28)24-9-12-30-19-6-4-5-18(13-19)29-3/h4-6,13-14,17H,7-12H2,1-3H3,(H,24,28). The molecule has 1 fully saturated rings. The lowest BCUT2D eigenvalue weighted by Gasteiger charge is -2.32. The van der Waals surface area contributed by atoms with Crippen LogP contribution in [0.3, 0.4) is 0 Å². The highest BCUT2D eigenvalue weighted by molar-refractivity contribution is 7.18. The number of fused-ring (bicyclic) bond motifs is 1. The number of hydrogen-bond acceptors (Lipinski definition) is 7. The maximum absolute atomic E-state index is 12.6. The second-order valence-electron chi connectivity index (χ2n) is 7.74. The number of nitrogens with zero attached hydrogens (tertiary/aromatic N) is 3. The molecule has 7 nitrogen and oxygen atoms in total. The Bertz CT molecular complexity index is 1060. The summed E-state index contributed by atoms with van der Waals surface area (Å²) in [5, 5.41) is 4.17. The van der Waals surface area contributed by atoms with Crippen molar-refractivity contribution in [2.45, 2.75) is 26.7 Å². The van der Waals surface area contributed by atoms with Crippen molar-refractivity contribution in [2.75, 3.05) is 38.3 Å². The summed E-state index contributed by atoms with van der Waals surface area (Å²) in [5.41, 5.74) is 1.26. The van der Waals surface area contributed by atoms with Gasteiger partial charge in [0.25, 0.3) is 0 Å². The van der Waals surface area contributed by atoms with Gasteiger partial charge in [0, 0.05) is 30.0 Å². The molecule has 0 aliphatic carbocycles. The van der Waals surface area contributed by atoms with Gasteiger partial charge in [-0.3, -0.25) is 4.79 Å². The Morgan fingerprint density at radius 3 is 2.77 bits per heavy atom. The normalized spacial score (nSPS) is 14.6. The summed E-state index contributed by atoms with van der Waals surface area (Å²) in [6, 6.07) is 7.46. The van der Waals surface area contributed by atoms with Gasteiger partial charge in [-0.25, -0.2) is 9.97 Å². The number of ether oxygens (including phenoxy) is 2. The number of amides is 1. The lowest BCUT2D eigenvalue weighted by atomic mass is 9.95. The molecule has 1 aromatic carbocycles. The molecule has 31 heavy (non-hydrogen) atoms. The molecule has 1 saturated heterocycles. The molecule has 0 saturated carbocycles. The van der Waals surface area contributed by atoms with Crippen LogP contribution >= 0.6 is 11.3 Å². The molecule has 1 amide bonds. The average Bonchev–Trinajstić information content (AvgIpc) is 3.10. The van der Waals surface area contributed by atoms with E-state index in [1.54, 1.807) is 24.8 Å². The van der Waals surface area contributed by atoms with Gasteiger partial charge >= 0.3 is 0 Å². The Labute approximate surface area is 186 Å². The van der Waals surface area contributed by atoms with Gasteiger partial charge in [-0.05, 0) is 44.4 Å². The number of piperidine rings is 1. The van der Waals surface area contributed by atoms with Crippen molar-refractivity contribution in [2.24, 2.45) is 5.92 Å². The van der Waals surface area contributed by atoms with Crippen molar-refractivity contribution in [3.05, 3.63) is 41.0 Å². The van der Waals surface area contributed by atoms with E-state index in [1.807, 2.05) is 24.3 Å². The molecule has 164 valence electrons. The van der Waals surface area contributed by atoms with Crippen LogP contribution in [0.2, 0.25) is 0 Å². The van der Waals surface area contributed by atoms with Crippen molar-refractivity contribution in [1.82, 2.24) is 15.3 Å². The molecule has 1 aliphatic rings. The highest BCUT2D eigenvalue weighted by atomic mass is 32.1. The summed E-state index contributed by atoms with van der Waals surface area (Å²) in [6.07, 6.45) is 3.28. The number of carbonyl (C=O) groups is 1. The van der Waals surface area contributed by atoms with Crippen LogP contribution < -0.4 is 19.7 Å². The fourth-order valence-corrected chi connectivity index (χ4v) is 4.93. The van der Waals surface area contributed by atoms with Crippen LogP contribution in [-0.2, 0) is 4.79 Å². The molecule has 3 heterocycles. The topological polar surface area (TPSA) is 76.6 Å². The molecular formula is C23H28N4O3S. The molecule has 2 aromatic heterocycles. The van der Waals surface area contributed by atoms with E-state index in [0.29, 0.717) is 13.2 Å². The van der Waals surface area contributed by atoms with Gasteiger partial charge in [0.2, 0.25) is 5.91 Å². The molecule has 4 rings (SSSR count). The predicted molar refractivity (Wildman–Crippen MR) is 123 cm³/mol. The molecule has 0 unspecified atom stereocenters. The number of benzene rings is 1. The minimum atomic E-state index is 0.0238. The zero-order valence-corrected chi connectivity index (χ0v) is 19.0. The van der Waals surface area contributed by atoms with E-state index in [9.17, 15) is 4.79 Å². The minimum Gasteiger partial charge on any atom is -0.497 e. The Balaban J connectivity index is 1.26. The summed E-state index contributed by atoms with van der Waals surface area (Å²) in [6.45, 7) is 6.80. The average molecular weight is 441 g/mol. The molecule has 0 bridgehead atoms. The minimum absolute atomic E-state index is 0.0238. The second kappa shape index (κ2) is 9.51. The SMILES string of the molecule is COc1cccc(OCCNC(=O)C2CCN(c3ncnc4sc(C)c(C)c34)CC2)c1. The highest BCUT2D eigenvalue weighted by Gasteiger charge is 2.27. The summed E-state index contributed by atoms with van der Waals surface area (Å²) < 4.78 is 10.9. The third-order valence-corrected chi connectivity index (χ3v) is 6.94. The van der Waals surface area contributed by atoms with E-state index >= 15 is 0 Å². The van der Waals surface area contributed by atoms with Gasteiger partial charge in [0.15, 0.2) is 0 Å². The van der Waals surface area contributed by atoms with Crippen molar-refractivity contribution < 1.29 is 14.3 Å². The summed E-state index contributed by atoms with van der Waals surface area (Å²) in [7, 11) is 1.63. The van der Waals surface area contributed by atoms with E-state index in [0.717, 1.165) is 53.5 Å². The van der Waals surface area contributed by atoms with Crippen LogP contribution in [-0.4, -0.2) is 49.2 Å². The number of hydrogen-bond donors (Lipinski definition) is 1. The Morgan fingerprint density at radius 1 is 1.23 bits per heavy atom. The van der Waals surface area contributed by atoms with Gasteiger partial charge < -0.3 is 19.7 Å². The molecule has 0 radical (unpaired) electrons. The summed E-state index contributed by atoms with van der Waals surface area (Å²) in [5.74, 6) is 2.61. The maximum atomic E-state index is 12.6. The Hall–Kier alpha value is -2.87. The number of thiophene rings is 1. The van der Waals surface area contributed by atoms with Gasteiger partial charge in [-0.1, -0.05) is 6.07 Å². The van der Waals surface area contributed by atoms with E-state index in [2.05, 4.69) is 34.0 Å². The predicted octanol–water partition coefficient (Wildman–Crippen LogP) is 3.73. The van der Waals surface area contributed by atoms with Gasteiger partial charge in [-0.2, -0.15) is 0 Å². The van der Waals surface area contributed by atoms with Crippen LogP contribution in [0.5, 0.6) is 11.5 Å². The Kier molecular flexibility index (Phi) is 6.56. The number of carbonyl (C=O) groups excluding carboxylic acids is 1. The Morgan fingerprint density at radius 2 is 2.00 bits per heavy atom. The van der Waals surface area contributed by atoms with Gasteiger partial charge in [0.1, 0.15) is 35.1 Å². The largest absolute Gasteiger partial charge is 0.497 e. The van der Waals surface area contributed by atoms with E-state index < -0.39 is 0 Å². The lowest BCUT2D eigenvalue weighted by Crippen LogP contribution is -2.41. The second-order valence-corrected chi connectivity index (χ2v) is 8.94. The monoisotopic (exact) mass is 440 g/mol. The van der Waals surface area contributed by atoms with Crippen LogP contribution in [0.1, 0.15) is 23.3 Å². The van der Waals surface area contributed by atoms with Crippen LogP contribution in [0.25, 0.3) is 10.2 Å². The molecule has 1 N–H and O–H groups in total. The third-order valence-electron chi connectivity index (χ3n) is 5.82. The zero-order valence-electron chi connectivity index (χ0n) is 18.2. The first kappa shape index (κ1) is 21.4. The van der Waals surface area contributed by atoms with Crippen LogP contribution in [0.15, 0.2) is 30.6 Å². The fourth-order valence-electron chi connectivity index (χ4n) is 3.94. The van der Waals surface area contributed by atoms with Gasteiger partial charge in [0.05, 0.1) is 19.0 Å². The first-order chi connectivity index (χ1) is 15.1. The third kappa shape index (κ3) is 4.74. The summed E-state index contributed by atoms with van der Waals surface area (Å²) in [4.78, 5) is 26.2. The first-order valence-corrected chi connectivity index (χ1v) is 11.4. The fraction of sp³-hybridized carbons (Fsp3) is 0.435. The van der Waals surface area contributed by atoms with E-state index in [-0.39, 0.29) is 11.8 Å². The number of rotatable bonds is 7. The van der Waals surface area contributed by atoms with Crippen molar-refractivity contribution in [3.63, 3.8) is 0 Å². The van der Waals surface area contributed by atoms with Crippen molar-refractivity contribution in [3.8, 4) is 11.5 Å². The number of anilines is 1. The quantitative estimate of drug-likeness (QED) is 0.564. The van der Waals surface area contributed by atoms with Crippen LogP contribution in [0, 0.1) is 19.8 Å². The molecule has 8 heteroatoms. The van der Waals surface area contributed by atoms with E-state index in [1.165, 1.54) is 10.4 Å². The first-order valence-electron chi connectivity index (χ1n) is 10.6. The molecule has 3 aromatic rings. The number of nitrogens with one attached hydrogen (secondary N) is 1. The number of aryl methyl sites for hydroxylation is 2. The summed E-state index contributed by atoms with van der Waals surface area (Å²) >= 11 is 1.71. The molecule has 0 spiro atoms. The van der Waals surface area contributed by atoms with E-state index in [4.69, 9.17) is 9.47 Å². The van der Waals surface area contributed by atoms with Crippen LogP contribution in [0.4, 0.5) is 5.82 Å². The molecule has 1 aliphatic heterocycles. The number of methoxy groups -OCH3 is 1. The zero-order chi connectivity index (χ0) is 21.8.